The number of benzene rings is 1. The van der Waals surface area contributed by atoms with Crippen LogP contribution in [0.2, 0.25) is 0 Å². The molecule has 3 rings (SSSR count). The van der Waals surface area contributed by atoms with Crippen molar-refractivity contribution in [2.24, 2.45) is 5.92 Å². The molecule has 1 aromatic heterocycles. The minimum Gasteiger partial charge on any atom is -0.493 e. The number of hydrogen-bond acceptors (Lipinski definition) is 4. The standard InChI is InChI=1S/C22H28N2O4/c1-13(11-25)12-28-19-6-5-17-7-8-24(22(27)20(17)16(19)4)10-18-14(2)9-15(3)23-21(18)26/h5-6,9,13,25H,7-8,10-12H2,1-4H3,(H,23,26)/t13-/m1/s1. The molecule has 0 bridgehead atoms. The number of carbonyl (C=O) groups is 1. The van der Waals surface area contributed by atoms with Crippen molar-refractivity contribution in [3.05, 3.63) is 62.1 Å². The Bertz CT molecular complexity index is 948. The number of fused-ring (bicyclic) bond motifs is 1. The summed E-state index contributed by atoms with van der Waals surface area (Å²) >= 11 is 0. The van der Waals surface area contributed by atoms with Crippen molar-refractivity contribution in [2.75, 3.05) is 19.8 Å². The summed E-state index contributed by atoms with van der Waals surface area (Å²) in [5.74, 6) is 0.622. The molecule has 2 N–H and O–H groups in total. The molecule has 0 aliphatic carbocycles. The molecule has 1 amide bonds. The third kappa shape index (κ3) is 3.97. The minimum atomic E-state index is -0.136. The van der Waals surface area contributed by atoms with Crippen LogP contribution in [0, 0.1) is 26.7 Å². The highest BCUT2D eigenvalue weighted by Crippen LogP contribution is 2.30. The van der Waals surface area contributed by atoms with Crippen LogP contribution in [-0.4, -0.2) is 40.7 Å². The fourth-order valence-corrected chi connectivity index (χ4v) is 3.63. The molecule has 150 valence electrons. The Morgan fingerprint density at radius 1 is 1.25 bits per heavy atom. The van der Waals surface area contributed by atoms with E-state index in [1.165, 1.54) is 0 Å². The van der Waals surface area contributed by atoms with Crippen LogP contribution in [0.1, 0.15) is 45.2 Å². The topological polar surface area (TPSA) is 82.6 Å². The number of aromatic amines is 1. The molecule has 6 heteroatoms. The van der Waals surface area contributed by atoms with Crippen molar-refractivity contribution in [1.82, 2.24) is 9.88 Å². The smallest absolute Gasteiger partial charge is 0.254 e. The predicted molar refractivity (Wildman–Crippen MR) is 108 cm³/mol. The number of aliphatic hydroxyl groups excluding tert-OH is 1. The molecule has 6 nitrogen and oxygen atoms in total. The van der Waals surface area contributed by atoms with Gasteiger partial charge in [-0.2, -0.15) is 0 Å². The molecular weight excluding hydrogens is 356 g/mol. The summed E-state index contributed by atoms with van der Waals surface area (Å²) in [5, 5.41) is 9.18. The molecule has 1 atom stereocenters. The Labute approximate surface area is 165 Å². The first-order valence-corrected chi connectivity index (χ1v) is 9.66. The lowest BCUT2D eigenvalue weighted by Gasteiger charge is -2.30. The number of carbonyl (C=O) groups excluding carboxylic acids is 1. The van der Waals surface area contributed by atoms with Gasteiger partial charge < -0.3 is 19.7 Å². The van der Waals surface area contributed by atoms with Gasteiger partial charge in [0.25, 0.3) is 11.5 Å². The zero-order valence-electron chi connectivity index (χ0n) is 17.0. The van der Waals surface area contributed by atoms with Crippen LogP contribution in [-0.2, 0) is 13.0 Å². The molecular formula is C22H28N2O4. The van der Waals surface area contributed by atoms with Gasteiger partial charge in [0.1, 0.15) is 5.75 Å². The molecule has 1 aliphatic heterocycles. The SMILES string of the molecule is Cc1cc(C)c(CN2CCc3ccc(OC[C@H](C)CO)c(C)c3C2=O)c(=O)[nH]1. The van der Waals surface area contributed by atoms with E-state index in [1.807, 2.05) is 45.9 Å². The summed E-state index contributed by atoms with van der Waals surface area (Å²) < 4.78 is 5.82. The lowest BCUT2D eigenvalue weighted by Crippen LogP contribution is -2.39. The number of nitrogens with zero attached hydrogens (tertiary/aromatic N) is 1. The highest BCUT2D eigenvalue weighted by atomic mass is 16.5. The molecule has 0 unspecified atom stereocenters. The number of aryl methyl sites for hydroxylation is 2. The van der Waals surface area contributed by atoms with Gasteiger partial charge in [0.05, 0.1) is 13.2 Å². The average Bonchev–Trinajstić information content (AvgIpc) is 2.65. The summed E-state index contributed by atoms with van der Waals surface area (Å²) in [7, 11) is 0. The van der Waals surface area contributed by atoms with Gasteiger partial charge in [0.15, 0.2) is 0 Å². The molecule has 2 heterocycles. The molecule has 1 aromatic carbocycles. The number of rotatable bonds is 6. The van der Waals surface area contributed by atoms with E-state index >= 15 is 0 Å². The largest absolute Gasteiger partial charge is 0.493 e. The van der Waals surface area contributed by atoms with Crippen LogP contribution in [0.25, 0.3) is 0 Å². The van der Waals surface area contributed by atoms with Gasteiger partial charge in [-0.1, -0.05) is 13.0 Å². The summed E-state index contributed by atoms with van der Waals surface area (Å²) in [5.41, 5.74) is 4.69. The van der Waals surface area contributed by atoms with E-state index < -0.39 is 0 Å². The number of ether oxygens (including phenoxy) is 1. The first-order valence-electron chi connectivity index (χ1n) is 9.66. The monoisotopic (exact) mass is 384 g/mol. The number of nitrogens with one attached hydrogen (secondary N) is 1. The molecule has 28 heavy (non-hydrogen) atoms. The molecule has 0 spiro atoms. The van der Waals surface area contributed by atoms with Crippen LogP contribution in [0.15, 0.2) is 23.0 Å². The second-order valence-electron chi connectivity index (χ2n) is 7.74. The number of aliphatic hydroxyl groups is 1. The number of H-pyrrole nitrogens is 1. The van der Waals surface area contributed by atoms with E-state index in [0.717, 1.165) is 28.8 Å². The van der Waals surface area contributed by atoms with Crippen molar-refractivity contribution < 1.29 is 14.6 Å². The second-order valence-corrected chi connectivity index (χ2v) is 7.74. The normalized spacial score (nSPS) is 14.8. The number of pyridine rings is 1. The highest BCUT2D eigenvalue weighted by molar-refractivity contribution is 5.98. The van der Waals surface area contributed by atoms with Gasteiger partial charge in [-0.25, -0.2) is 0 Å². The maximum atomic E-state index is 13.2. The van der Waals surface area contributed by atoms with Crippen molar-refractivity contribution in [3.8, 4) is 5.75 Å². The first-order chi connectivity index (χ1) is 13.3. The van der Waals surface area contributed by atoms with E-state index in [-0.39, 0.29) is 24.0 Å². The number of hydrogen-bond donors (Lipinski definition) is 2. The Balaban J connectivity index is 1.87. The van der Waals surface area contributed by atoms with Crippen molar-refractivity contribution in [2.45, 2.75) is 40.7 Å². The zero-order valence-corrected chi connectivity index (χ0v) is 17.0. The molecule has 0 saturated heterocycles. The van der Waals surface area contributed by atoms with Crippen molar-refractivity contribution in [1.29, 1.82) is 0 Å². The van der Waals surface area contributed by atoms with E-state index in [4.69, 9.17) is 4.74 Å². The summed E-state index contributed by atoms with van der Waals surface area (Å²) in [4.78, 5) is 30.1. The third-order valence-corrected chi connectivity index (χ3v) is 5.33. The Kier molecular flexibility index (Phi) is 5.89. The summed E-state index contributed by atoms with van der Waals surface area (Å²) in [6, 6.07) is 5.77. The highest BCUT2D eigenvalue weighted by Gasteiger charge is 2.28. The van der Waals surface area contributed by atoms with Crippen LogP contribution in [0.5, 0.6) is 5.75 Å². The fourth-order valence-electron chi connectivity index (χ4n) is 3.63. The van der Waals surface area contributed by atoms with E-state index in [1.54, 1.807) is 4.90 Å². The first kappa shape index (κ1) is 20.1. The molecule has 1 aliphatic rings. The van der Waals surface area contributed by atoms with Gasteiger partial charge in [-0.3, -0.25) is 9.59 Å². The van der Waals surface area contributed by atoms with Gasteiger partial charge >= 0.3 is 0 Å². The molecule has 0 radical (unpaired) electrons. The average molecular weight is 384 g/mol. The Hall–Kier alpha value is -2.60. The maximum absolute atomic E-state index is 13.2. The van der Waals surface area contributed by atoms with E-state index in [9.17, 15) is 14.7 Å². The van der Waals surface area contributed by atoms with Gasteiger partial charge in [-0.05, 0) is 50.5 Å². The van der Waals surface area contributed by atoms with E-state index in [2.05, 4.69) is 4.98 Å². The van der Waals surface area contributed by atoms with Crippen LogP contribution in [0.3, 0.4) is 0 Å². The van der Waals surface area contributed by atoms with Gasteiger partial charge in [0, 0.05) is 41.5 Å². The van der Waals surface area contributed by atoms with Crippen LogP contribution >= 0.6 is 0 Å². The van der Waals surface area contributed by atoms with Gasteiger partial charge in [-0.15, -0.1) is 0 Å². The molecule has 2 aromatic rings. The fraction of sp³-hybridized carbons (Fsp3) is 0.455. The van der Waals surface area contributed by atoms with Crippen LogP contribution in [0.4, 0.5) is 0 Å². The summed E-state index contributed by atoms with van der Waals surface area (Å²) in [6.07, 6.45) is 0.748. The maximum Gasteiger partial charge on any atom is 0.254 e. The predicted octanol–water partition coefficient (Wildman–Crippen LogP) is 2.51. The lowest BCUT2D eigenvalue weighted by atomic mass is 9.93. The number of aromatic nitrogens is 1. The van der Waals surface area contributed by atoms with Crippen molar-refractivity contribution in [3.63, 3.8) is 0 Å². The molecule has 0 saturated carbocycles. The third-order valence-electron chi connectivity index (χ3n) is 5.33. The summed E-state index contributed by atoms with van der Waals surface area (Å²) in [6.45, 7) is 8.88. The van der Waals surface area contributed by atoms with E-state index in [0.29, 0.717) is 36.6 Å². The quantitative estimate of drug-likeness (QED) is 0.802. The zero-order chi connectivity index (χ0) is 20.4. The Morgan fingerprint density at radius 3 is 2.68 bits per heavy atom. The van der Waals surface area contributed by atoms with Gasteiger partial charge in [0.2, 0.25) is 0 Å². The molecule has 0 fully saturated rings. The minimum absolute atomic E-state index is 0.0267. The van der Waals surface area contributed by atoms with Crippen molar-refractivity contribution >= 4 is 5.91 Å². The second kappa shape index (κ2) is 8.19. The lowest BCUT2D eigenvalue weighted by molar-refractivity contribution is 0.0724. The van der Waals surface area contributed by atoms with Crippen LogP contribution < -0.4 is 10.3 Å². The number of amides is 1. The Morgan fingerprint density at radius 2 is 2.00 bits per heavy atom.